The second-order valence-electron chi connectivity index (χ2n) is 6.83. The monoisotopic (exact) mass is 386 g/mol. The summed E-state index contributed by atoms with van der Waals surface area (Å²) in [6, 6.07) is 22.7. The van der Waals surface area contributed by atoms with Crippen LogP contribution in [0.2, 0.25) is 0 Å². The molecule has 29 heavy (non-hydrogen) atoms. The predicted molar refractivity (Wildman–Crippen MR) is 114 cm³/mol. The second-order valence-corrected chi connectivity index (χ2v) is 6.83. The number of hydrogen-bond donors (Lipinski definition) is 1. The average molecular weight is 386 g/mol. The van der Waals surface area contributed by atoms with Gasteiger partial charge in [-0.15, -0.1) is 0 Å². The number of para-hydroxylation sites is 1. The van der Waals surface area contributed by atoms with Gasteiger partial charge in [0.1, 0.15) is 11.3 Å². The first-order valence-electron chi connectivity index (χ1n) is 9.63. The van der Waals surface area contributed by atoms with Gasteiger partial charge in [-0.05, 0) is 55.3 Å². The molecule has 5 heteroatoms. The first kappa shape index (κ1) is 18.7. The first-order chi connectivity index (χ1) is 14.1. The molecule has 0 saturated heterocycles. The fourth-order valence-electron chi connectivity index (χ4n) is 3.14. The van der Waals surface area contributed by atoms with Crippen LogP contribution >= 0.6 is 0 Å². The number of ether oxygens (including phenoxy) is 1. The van der Waals surface area contributed by atoms with Gasteiger partial charge >= 0.3 is 0 Å². The van der Waals surface area contributed by atoms with E-state index in [1.165, 1.54) is 0 Å². The highest BCUT2D eigenvalue weighted by Gasteiger charge is 2.19. The zero-order chi connectivity index (χ0) is 20.2. The standard InChI is InChI=1S/C24H22N2O3/c1-3-21(28-18-10-5-4-6-11-18)23(27)25-17-13-14-22-20(15-17)26-24(29-22)19-12-8-7-9-16(19)2/h4-15,21H,3H2,1-2H3,(H,25,27)/t21-/m0/s1. The summed E-state index contributed by atoms with van der Waals surface area (Å²) in [5.41, 5.74) is 4.07. The third kappa shape index (κ3) is 4.14. The van der Waals surface area contributed by atoms with Crippen molar-refractivity contribution in [2.45, 2.75) is 26.4 Å². The molecule has 0 aliphatic carbocycles. The van der Waals surface area contributed by atoms with E-state index in [2.05, 4.69) is 10.3 Å². The Hall–Kier alpha value is -3.60. The number of carbonyl (C=O) groups excluding carboxylic acids is 1. The maximum atomic E-state index is 12.7. The molecule has 0 spiro atoms. The van der Waals surface area contributed by atoms with Crippen molar-refractivity contribution in [2.75, 3.05) is 5.32 Å². The molecule has 1 N–H and O–H groups in total. The SMILES string of the molecule is CC[C@H](Oc1ccccc1)C(=O)Nc1ccc2oc(-c3ccccc3C)nc2c1. The number of rotatable bonds is 6. The van der Waals surface area contributed by atoms with Crippen LogP contribution in [0.4, 0.5) is 5.69 Å². The quantitative estimate of drug-likeness (QED) is 0.468. The van der Waals surface area contributed by atoms with Crippen molar-refractivity contribution in [3.63, 3.8) is 0 Å². The third-order valence-corrected chi connectivity index (χ3v) is 4.72. The summed E-state index contributed by atoms with van der Waals surface area (Å²) < 4.78 is 11.7. The van der Waals surface area contributed by atoms with Crippen LogP contribution in [0.5, 0.6) is 5.75 Å². The maximum absolute atomic E-state index is 12.7. The van der Waals surface area contributed by atoms with E-state index >= 15 is 0 Å². The van der Waals surface area contributed by atoms with E-state index < -0.39 is 6.10 Å². The molecule has 0 aliphatic heterocycles. The van der Waals surface area contributed by atoms with Crippen molar-refractivity contribution in [3.8, 4) is 17.2 Å². The Morgan fingerprint density at radius 1 is 1.07 bits per heavy atom. The lowest BCUT2D eigenvalue weighted by atomic mass is 10.1. The van der Waals surface area contributed by atoms with Gasteiger partial charge in [0, 0.05) is 11.3 Å². The Bertz CT molecular complexity index is 1140. The van der Waals surface area contributed by atoms with E-state index in [1.807, 2.05) is 86.6 Å². The van der Waals surface area contributed by atoms with Crippen molar-refractivity contribution in [1.29, 1.82) is 0 Å². The van der Waals surface area contributed by atoms with Gasteiger partial charge in [0.15, 0.2) is 11.7 Å². The summed E-state index contributed by atoms with van der Waals surface area (Å²) in [5.74, 6) is 1.04. The fourth-order valence-corrected chi connectivity index (χ4v) is 3.14. The van der Waals surface area contributed by atoms with E-state index in [0.29, 0.717) is 34.8 Å². The van der Waals surface area contributed by atoms with Crippen LogP contribution < -0.4 is 10.1 Å². The minimum atomic E-state index is -0.576. The van der Waals surface area contributed by atoms with Gasteiger partial charge in [0.05, 0.1) is 0 Å². The van der Waals surface area contributed by atoms with Crippen LogP contribution in [-0.2, 0) is 4.79 Å². The number of amides is 1. The van der Waals surface area contributed by atoms with Crippen LogP contribution in [0, 0.1) is 6.92 Å². The van der Waals surface area contributed by atoms with Gasteiger partial charge in [-0.2, -0.15) is 0 Å². The molecule has 5 nitrogen and oxygen atoms in total. The largest absolute Gasteiger partial charge is 0.481 e. The molecule has 0 bridgehead atoms. The van der Waals surface area contributed by atoms with Crippen LogP contribution in [-0.4, -0.2) is 17.0 Å². The molecule has 0 aliphatic rings. The molecule has 3 aromatic carbocycles. The zero-order valence-corrected chi connectivity index (χ0v) is 16.4. The average Bonchev–Trinajstić information content (AvgIpc) is 3.16. The molecule has 4 rings (SSSR count). The minimum Gasteiger partial charge on any atom is -0.481 e. The van der Waals surface area contributed by atoms with Gasteiger partial charge in [-0.1, -0.05) is 43.3 Å². The lowest BCUT2D eigenvalue weighted by molar-refractivity contribution is -0.122. The van der Waals surface area contributed by atoms with Crippen molar-refractivity contribution < 1.29 is 13.9 Å². The minimum absolute atomic E-state index is 0.196. The van der Waals surface area contributed by atoms with Crippen molar-refractivity contribution in [3.05, 3.63) is 78.4 Å². The Morgan fingerprint density at radius 3 is 2.59 bits per heavy atom. The first-order valence-corrected chi connectivity index (χ1v) is 9.63. The van der Waals surface area contributed by atoms with Crippen molar-refractivity contribution in [2.24, 2.45) is 0 Å². The maximum Gasteiger partial charge on any atom is 0.265 e. The number of nitrogens with one attached hydrogen (secondary N) is 1. The highest BCUT2D eigenvalue weighted by Crippen LogP contribution is 2.28. The lowest BCUT2D eigenvalue weighted by Gasteiger charge is -2.17. The van der Waals surface area contributed by atoms with E-state index in [9.17, 15) is 4.79 Å². The Labute approximate surface area is 169 Å². The van der Waals surface area contributed by atoms with Gasteiger partial charge in [-0.3, -0.25) is 4.79 Å². The molecule has 0 radical (unpaired) electrons. The molecule has 0 saturated carbocycles. The number of nitrogens with zero attached hydrogens (tertiary/aromatic N) is 1. The normalized spacial score (nSPS) is 11.9. The highest BCUT2D eigenvalue weighted by molar-refractivity contribution is 5.96. The summed E-state index contributed by atoms with van der Waals surface area (Å²) in [4.78, 5) is 17.3. The topological polar surface area (TPSA) is 64.4 Å². The van der Waals surface area contributed by atoms with E-state index in [0.717, 1.165) is 11.1 Å². The highest BCUT2D eigenvalue weighted by atomic mass is 16.5. The molecule has 1 aromatic heterocycles. The van der Waals surface area contributed by atoms with Crippen LogP contribution in [0.15, 0.2) is 77.2 Å². The molecular formula is C24H22N2O3. The van der Waals surface area contributed by atoms with Crippen LogP contribution in [0.1, 0.15) is 18.9 Å². The number of fused-ring (bicyclic) bond motifs is 1. The van der Waals surface area contributed by atoms with Gasteiger partial charge in [-0.25, -0.2) is 4.98 Å². The van der Waals surface area contributed by atoms with Crippen LogP contribution in [0.25, 0.3) is 22.6 Å². The Balaban J connectivity index is 1.53. The molecule has 1 atom stereocenters. The zero-order valence-electron chi connectivity index (χ0n) is 16.4. The Kier molecular flexibility index (Phi) is 5.29. The number of benzene rings is 3. The molecular weight excluding hydrogens is 364 g/mol. The third-order valence-electron chi connectivity index (χ3n) is 4.72. The van der Waals surface area contributed by atoms with E-state index in [4.69, 9.17) is 9.15 Å². The molecule has 4 aromatic rings. The molecule has 1 amide bonds. The number of aromatic nitrogens is 1. The summed E-state index contributed by atoms with van der Waals surface area (Å²) in [7, 11) is 0. The summed E-state index contributed by atoms with van der Waals surface area (Å²) in [5, 5.41) is 2.92. The molecule has 0 fully saturated rings. The molecule has 146 valence electrons. The summed E-state index contributed by atoms with van der Waals surface area (Å²) >= 11 is 0. The van der Waals surface area contributed by atoms with Gasteiger partial charge < -0.3 is 14.5 Å². The molecule has 0 unspecified atom stereocenters. The predicted octanol–water partition coefficient (Wildman–Crippen LogP) is 5.60. The van der Waals surface area contributed by atoms with Crippen molar-refractivity contribution in [1.82, 2.24) is 4.98 Å². The van der Waals surface area contributed by atoms with Gasteiger partial charge in [0.2, 0.25) is 5.89 Å². The van der Waals surface area contributed by atoms with Crippen molar-refractivity contribution >= 4 is 22.7 Å². The number of aryl methyl sites for hydroxylation is 1. The number of hydrogen-bond acceptors (Lipinski definition) is 4. The number of anilines is 1. The van der Waals surface area contributed by atoms with E-state index in [1.54, 1.807) is 0 Å². The summed E-state index contributed by atoms with van der Waals surface area (Å²) in [6.45, 7) is 3.94. The van der Waals surface area contributed by atoms with E-state index in [-0.39, 0.29) is 5.91 Å². The fraction of sp³-hybridized carbons (Fsp3) is 0.167. The summed E-state index contributed by atoms with van der Waals surface area (Å²) in [6.07, 6.45) is -0.0161. The number of oxazole rings is 1. The lowest BCUT2D eigenvalue weighted by Crippen LogP contribution is -2.32. The van der Waals surface area contributed by atoms with Crippen LogP contribution in [0.3, 0.4) is 0 Å². The smallest absolute Gasteiger partial charge is 0.265 e. The number of carbonyl (C=O) groups is 1. The van der Waals surface area contributed by atoms with Gasteiger partial charge in [0.25, 0.3) is 5.91 Å². The molecule has 1 heterocycles. The second kappa shape index (κ2) is 8.19. The Morgan fingerprint density at radius 2 is 1.83 bits per heavy atom.